The molecule has 1 fully saturated rings. The van der Waals surface area contributed by atoms with Crippen molar-refractivity contribution in [2.75, 3.05) is 0 Å². The Bertz CT molecular complexity index is 949. The van der Waals surface area contributed by atoms with E-state index < -0.39 is 0 Å². The number of aryl methyl sites for hydroxylation is 1. The molecule has 3 aliphatic carbocycles. The molecule has 0 aliphatic heterocycles. The molecule has 3 aliphatic rings. The van der Waals surface area contributed by atoms with Crippen molar-refractivity contribution in [2.45, 2.75) is 28.2 Å². The van der Waals surface area contributed by atoms with E-state index in [-0.39, 0.29) is 28.6 Å². The fourth-order valence-corrected chi connectivity index (χ4v) is 10.0. The van der Waals surface area contributed by atoms with Gasteiger partial charge in [-0.2, -0.15) is 0 Å². The first-order chi connectivity index (χ1) is 13.3. The minimum absolute atomic E-state index is 0. The molecule has 2 aromatic carbocycles. The Labute approximate surface area is 183 Å². The molecule has 148 valence electrons. The third kappa shape index (κ3) is 4.41. The molecule has 0 amide bonds. The molecule has 5 atom stereocenters. The van der Waals surface area contributed by atoms with Crippen LogP contribution in [0.3, 0.4) is 0 Å². The summed E-state index contributed by atoms with van der Waals surface area (Å²) in [5.74, 6) is 1.62. The van der Waals surface area contributed by atoms with E-state index >= 15 is 0 Å². The van der Waals surface area contributed by atoms with Gasteiger partial charge in [0.2, 0.25) is 0 Å². The topological polar surface area (TPSA) is 0 Å². The van der Waals surface area contributed by atoms with Crippen LogP contribution in [0.1, 0.15) is 33.8 Å². The number of halogens is 2. The number of hydrogen-bond acceptors (Lipinski definition) is 0. The van der Waals surface area contributed by atoms with Crippen LogP contribution < -0.4 is 14.7 Å². The second-order valence-electron chi connectivity index (χ2n) is 7.96. The molecule has 0 spiro atoms. The molecule has 0 nitrogen and oxygen atoms in total. The summed E-state index contributed by atoms with van der Waals surface area (Å²) in [7, 11) is 0.818. The van der Waals surface area contributed by atoms with Crippen LogP contribution >= 0.6 is 8.58 Å². The average Bonchev–Trinajstić information content (AvgIpc) is 3.26. The fourth-order valence-electron chi connectivity index (χ4n) is 4.84. The van der Waals surface area contributed by atoms with Gasteiger partial charge < -0.3 is 9.41 Å². The summed E-state index contributed by atoms with van der Waals surface area (Å²) < 4.78 is 1.67. The quantitative estimate of drug-likeness (QED) is 0.476. The van der Waals surface area contributed by atoms with Crippen molar-refractivity contribution >= 4 is 20.0 Å². The van der Waals surface area contributed by atoms with E-state index in [1.54, 1.807) is 10.9 Å². The van der Waals surface area contributed by atoms with Crippen molar-refractivity contribution < 1.29 is 28.6 Å². The van der Waals surface area contributed by atoms with E-state index in [0.717, 1.165) is 28.9 Å². The van der Waals surface area contributed by atoms with Gasteiger partial charge in [0.1, 0.15) is 0 Å². The monoisotopic (exact) mass is 442 g/mol. The Morgan fingerprint density at radius 1 is 0.897 bits per heavy atom. The van der Waals surface area contributed by atoms with Gasteiger partial charge in [0.25, 0.3) is 0 Å². The zero-order chi connectivity index (χ0) is 18.2. The van der Waals surface area contributed by atoms with E-state index in [4.69, 9.17) is 0 Å². The molecule has 2 aromatic rings. The second-order valence-corrected chi connectivity index (χ2v) is 11.9. The molecule has 5 rings (SSSR count). The van der Waals surface area contributed by atoms with Crippen LogP contribution in [0.25, 0.3) is 6.08 Å². The third-order valence-corrected chi connectivity index (χ3v) is 11.5. The number of hydrogen-bond donors (Lipinski definition) is 0. The normalized spacial score (nSPS) is 26.3. The van der Waals surface area contributed by atoms with Crippen LogP contribution in [0.2, 0.25) is 4.22 Å². The summed E-state index contributed by atoms with van der Waals surface area (Å²) in [5.41, 5.74) is 4.54. The van der Waals surface area contributed by atoms with E-state index in [2.05, 4.69) is 85.8 Å². The molecule has 0 N–H and O–H groups in total. The Hall–Kier alpha value is -1.34. The van der Waals surface area contributed by atoms with Gasteiger partial charge in [0.15, 0.2) is 0 Å². The molecule has 0 bridgehead atoms. The minimum atomic E-state index is -0.0783. The van der Waals surface area contributed by atoms with Crippen LogP contribution in [0, 0.1) is 18.8 Å². The fraction of sp³-hybridized carbons (Fsp3) is 0.280. The molecule has 0 aromatic heterocycles. The first-order valence-electron chi connectivity index (χ1n) is 10.0. The van der Waals surface area contributed by atoms with E-state index in [1.807, 2.05) is 0 Å². The molecular formula is C25H25F2PTi. The number of allylic oxidation sites excluding steroid dienone is 5. The molecule has 29 heavy (non-hydrogen) atoms. The Morgan fingerprint density at radius 2 is 1.66 bits per heavy atom. The summed E-state index contributed by atoms with van der Waals surface area (Å²) in [5, 5.41) is 3.22. The van der Waals surface area contributed by atoms with Crippen molar-refractivity contribution in [3.05, 3.63) is 94.8 Å². The smallest absolute Gasteiger partial charge is 1.00 e. The molecule has 4 heteroatoms. The zero-order valence-electron chi connectivity index (χ0n) is 16.5. The van der Waals surface area contributed by atoms with Crippen LogP contribution in [0.4, 0.5) is 0 Å². The molecule has 5 unspecified atom stereocenters. The van der Waals surface area contributed by atoms with E-state index in [9.17, 15) is 0 Å². The average molecular weight is 442 g/mol. The van der Waals surface area contributed by atoms with Gasteiger partial charge in [-0.05, 0) is 0 Å². The van der Waals surface area contributed by atoms with Crippen molar-refractivity contribution in [1.82, 2.24) is 0 Å². The van der Waals surface area contributed by atoms with Gasteiger partial charge in [-0.3, -0.25) is 0 Å². The molecule has 0 heterocycles. The minimum Gasteiger partial charge on any atom is -1.00 e. The van der Waals surface area contributed by atoms with Gasteiger partial charge in [0, 0.05) is 0 Å². The number of fused-ring (bicyclic) bond motifs is 2. The largest absolute Gasteiger partial charge is 1.00 e. The predicted molar refractivity (Wildman–Crippen MR) is 115 cm³/mol. The van der Waals surface area contributed by atoms with Crippen molar-refractivity contribution in [1.29, 1.82) is 0 Å². The van der Waals surface area contributed by atoms with Crippen LogP contribution in [-0.2, 0) is 19.2 Å². The number of rotatable bonds is 4. The summed E-state index contributed by atoms with van der Waals surface area (Å²) >= 11 is -0.0783. The van der Waals surface area contributed by atoms with Crippen LogP contribution in [-0.4, -0.2) is 0 Å². The van der Waals surface area contributed by atoms with Gasteiger partial charge in [-0.1, -0.05) is 0 Å². The molecule has 0 radical (unpaired) electrons. The standard InChI is InChI=1S/C16H14P.C9H11.2FH.Ti/c1-12-6-2-5-9-16(12)17-15-10-13-7-3-4-8-14(13)11-15;1-2-5-9-7-3-6-8(9)4-1;;;/h2-11,17H,1H3;1-2,4-6,8-9H,3,7H2;2*1H;/q;;;;+2/p-2. The van der Waals surface area contributed by atoms with Crippen molar-refractivity contribution in [3.63, 3.8) is 0 Å². The summed E-state index contributed by atoms with van der Waals surface area (Å²) in [6.07, 6.45) is 14.9. The van der Waals surface area contributed by atoms with Gasteiger partial charge in [-0.25, -0.2) is 0 Å². The molecular weight excluding hydrogens is 417 g/mol. The first-order valence-corrected chi connectivity index (χ1v) is 12.8. The van der Waals surface area contributed by atoms with Gasteiger partial charge >= 0.3 is 174 Å². The number of benzene rings is 2. The van der Waals surface area contributed by atoms with Crippen LogP contribution in [0.15, 0.2) is 78.1 Å². The third-order valence-electron chi connectivity index (χ3n) is 6.31. The SMILES string of the molecule is Cc1ccccc1PC1=Cc2ccccc2[CH]1[Ti+2][CH]1CCC2C=CC=CC21.[F-].[F-]. The van der Waals surface area contributed by atoms with Crippen molar-refractivity contribution in [2.24, 2.45) is 11.8 Å². The predicted octanol–water partition coefficient (Wildman–Crippen LogP) is 0.426. The second kappa shape index (κ2) is 9.65. The van der Waals surface area contributed by atoms with Crippen molar-refractivity contribution in [3.8, 4) is 0 Å². The van der Waals surface area contributed by atoms with Gasteiger partial charge in [0.05, 0.1) is 0 Å². The summed E-state index contributed by atoms with van der Waals surface area (Å²) in [6, 6.07) is 18.1. The zero-order valence-corrected chi connectivity index (χ0v) is 19.0. The molecule has 1 saturated carbocycles. The summed E-state index contributed by atoms with van der Waals surface area (Å²) in [6.45, 7) is 2.26. The van der Waals surface area contributed by atoms with Crippen LogP contribution in [0.5, 0.6) is 0 Å². The Balaban J connectivity index is 0.00000120. The molecule has 0 saturated heterocycles. The first kappa shape index (κ1) is 22.4. The maximum Gasteiger partial charge on any atom is -1.00 e. The Kier molecular flexibility index (Phi) is 7.44. The maximum atomic E-state index is 2.53. The van der Waals surface area contributed by atoms with E-state index in [1.165, 1.54) is 29.3 Å². The Morgan fingerprint density at radius 3 is 2.52 bits per heavy atom. The maximum absolute atomic E-state index is 2.53. The summed E-state index contributed by atoms with van der Waals surface area (Å²) in [4.78, 5) is 0. The van der Waals surface area contributed by atoms with E-state index in [0.29, 0.717) is 0 Å². The van der Waals surface area contributed by atoms with Gasteiger partial charge in [-0.15, -0.1) is 0 Å².